The van der Waals surface area contributed by atoms with Crippen LogP contribution >= 0.6 is 90.7 Å². The van der Waals surface area contributed by atoms with Crippen LogP contribution in [0.4, 0.5) is 0 Å². The van der Waals surface area contributed by atoms with Gasteiger partial charge in [-0.2, -0.15) is 0 Å². The number of hydrogen-bond acceptors (Lipinski definition) is 12. The van der Waals surface area contributed by atoms with Crippen molar-refractivity contribution >= 4 is 137 Å². The summed E-state index contributed by atoms with van der Waals surface area (Å²) in [6.07, 6.45) is 85.8. The van der Waals surface area contributed by atoms with Gasteiger partial charge in [-0.15, -0.1) is 90.7 Å². The van der Waals surface area contributed by atoms with Gasteiger partial charge in [-0.3, -0.25) is 19.2 Å². The van der Waals surface area contributed by atoms with Crippen LogP contribution in [-0.2, 0) is 32.0 Å². The highest BCUT2D eigenvalue weighted by Gasteiger charge is 2.53. The molecule has 0 radical (unpaired) electrons. The molecule has 0 fully saturated rings. The first-order valence-electron chi connectivity index (χ1n) is 62.7. The Balaban J connectivity index is 0.957. The van der Waals surface area contributed by atoms with Gasteiger partial charge in [0, 0.05) is 84.7 Å². The minimum atomic E-state index is 0.0231. The van der Waals surface area contributed by atoms with E-state index in [1.54, 1.807) is 22.7 Å². The van der Waals surface area contributed by atoms with Gasteiger partial charge in [-0.25, -0.2) is 0 Å². The summed E-state index contributed by atoms with van der Waals surface area (Å²) in [6, 6.07) is 32.8. The maximum atomic E-state index is 17.1. The number of fused-ring (bicyclic) bond motifs is 2. The topological polar surface area (TPSA) is 81.2 Å². The Labute approximate surface area is 946 Å². The fourth-order valence-electron chi connectivity index (χ4n) is 24.1. The van der Waals surface area contributed by atoms with Crippen molar-refractivity contribution in [3.05, 3.63) is 148 Å². The van der Waals surface area contributed by atoms with E-state index in [2.05, 4.69) is 188 Å². The van der Waals surface area contributed by atoms with E-state index >= 15 is 19.2 Å². The van der Waals surface area contributed by atoms with Gasteiger partial charge in [0.05, 0.1) is 64.6 Å². The minimum Gasteiger partial charge on any atom is -0.306 e. The van der Waals surface area contributed by atoms with Crippen molar-refractivity contribution in [2.75, 3.05) is 26.2 Å². The summed E-state index contributed by atoms with van der Waals surface area (Å²) >= 11 is 14.9. The molecule has 8 nitrogen and oxygen atoms in total. The lowest BCUT2D eigenvalue weighted by atomic mass is 9.93. The molecule has 0 saturated carbocycles. The van der Waals surface area contributed by atoms with E-state index in [-0.39, 0.29) is 23.6 Å². The second-order valence-electron chi connectivity index (χ2n) is 45.9. The van der Waals surface area contributed by atoms with Gasteiger partial charge in [0.25, 0.3) is 23.6 Å². The van der Waals surface area contributed by atoms with Crippen LogP contribution in [0.1, 0.15) is 546 Å². The van der Waals surface area contributed by atoms with Gasteiger partial charge in [0.15, 0.2) is 0 Å². The molecule has 0 bridgehead atoms. The van der Waals surface area contributed by atoms with Crippen LogP contribution < -0.4 is 0 Å². The van der Waals surface area contributed by atoms with E-state index in [9.17, 15) is 0 Å². The molecule has 8 aromatic heterocycles. The lowest BCUT2D eigenvalue weighted by Crippen LogP contribution is -2.34. The SMILES string of the molecule is CCCCCCCCCCCCc1cc(-c2ccc(C3=C4C(=O)N(CC(CCCCCC)CCCCCCCC)C(c5ccc(-c6cc(CCCCCCCCCCCC)c(-c7ccc(-c8ccc(C9=C%10C(=O)N(CC(CCCCCC)CCCCCCCC)C(c%11ccc(C)s%11)=C%10C(=O)N9CC(CCCCCC)CCCCCCCC)s8)s7)s6)s5)=C4C(=O)N3CC(CCCCCC)CCCCCCCC)s2)sc1-c1ccc(C)s1. The van der Waals surface area contributed by atoms with Gasteiger partial charge in [-0.05, 0) is 211 Å². The standard InChI is InChI=1S/C134H202N4O4S8/c1-13-23-33-43-49-51-53-55-61-71-81-107-95-119(149-129(107)117-86-84-102(12)144-117)111-88-92-115(146-111)127-123-124(134(142)137(127)99-105(75-65-41-31-21-9)79-69-59-47-37-27-17-5)128(138(133(123)141)100-106(76-66-42-32-22-10)80-70-60-48-38-28-18-6)116-93-89-112(147-116)120-96-108(82-72-62-56-54-52-50-44-34-24-14-2)130(150-120)118-94-90-110(148-118)109-87-91-114(145-109)126-122-121(131(139)136(126)98-104(74-64-40-30-20-8)78-68-58-46-36-26-16-4)125(113-85-83-101(11)143-113)135(132(122)140)97-103(73-63-39-29-19-7)77-67-57-45-35-25-15-3/h83-96,103-106H,13-82,97-100H2,1-12H3. The molecule has 4 aliphatic rings. The van der Waals surface area contributed by atoms with Gasteiger partial charge in [0.2, 0.25) is 0 Å². The van der Waals surface area contributed by atoms with Crippen molar-refractivity contribution in [2.24, 2.45) is 23.7 Å². The van der Waals surface area contributed by atoms with Gasteiger partial charge >= 0.3 is 0 Å². The largest absolute Gasteiger partial charge is 0.306 e. The number of aryl methyl sites for hydroxylation is 4. The third-order valence-electron chi connectivity index (χ3n) is 33.1. The molecular formula is C134H202N4O4S8. The molecule has 0 N–H and O–H groups in total. The summed E-state index contributed by atoms with van der Waals surface area (Å²) in [5.41, 5.74) is 8.88. The maximum absolute atomic E-state index is 17.1. The summed E-state index contributed by atoms with van der Waals surface area (Å²) in [7, 11) is 0. The van der Waals surface area contributed by atoms with Crippen LogP contribution in [-0.4, -0.2) is 69.4 Å². The lowest BCUT2D eigenvalue weighted by Gasteiger charge is -2.29. The van der Waals surface area contributed by atoms with Crippen molar-refractivity contribution in [1.82, 2.24) is 19.6 Å². The van der Waals surface area contributed by atoms with E-state index < -0.39 is 0 Å². The molecule has 4 aliphatic heterocycles. The molecule has 4 atom stereocenters. The van der Waals surface area contributed by atoms with Crippen LogP contribution in [0, 0.1) is 37.5 Å². The Hall–Kier alpha value is -5.56. The van der Waals surface area contributed by atoms with Gasteiger partial charge in [-0.1, -0.05) is 442 Å². The summed E-state index contributed by atoms with van der Waals surface area (Å²) in [5, 5.41) is 0. The second-order valence-corrected chi connectivity index (χ2v) is 54.9. The summed E-state index contributed by atoms with van der Waals surface area (Å²) < 4.78 is 0. The first-order chi connectivity index (χ1) is 73.6. The Bertz CT molecular complexity index is 5360. The maximum Gasteiger partial charge on any atom is 0.261 e. The number of thiophene rings is 8. The third kappa shape index (κ3) is 37.3. The van der Waals surface area contributed by atoms with Crippen LogP contribution in [0.3, 0.4) is 0 Å². The number of rotatable bonds is 87. The normalized spacial score (nSPS) is 14.8. The van der Waals surface area contributed by atoms with Crippen molar-refractivity contribution in [2.45, 2.75) is 533 Å². The molecule has 0 aromatic carbocycles. The predicted molar refractivity (Wildman–Crippen MR) is 666 cm³/mol. The highest BCUT2D eigenvalue weighted by atomic mass is 32.1. The molecule has 150 heavy (non-hydrogen) atoms. The number of nitrogens with zero attached hydrogens (tertiary/aromatic N) is 4. The zero-order chi connectivity index (χ0) is 106. The van der Waals surface area contributed by atoms with E-state index in [4.69, 9.17) is 0 Å². The number of hydrogen-bond donors (Lipinski definition) is 0. The Morgan fingerprint density at radius 1 is 0.187 bits per heavy atom. The van der Waals surface area contributed by atoms with Crippen LogP contribution in [0.5, 0.6) is 0 Å². The molecule has 4 amide bonds. The summed E-state index contributed by atoms with van der Waals surface area (Å²) in [6.45, 7) is 30.1. The molecule has 16 heteroatoms. The zero-order valence-corrected chi connectivity index (χ0v) is 103. The van der Waals surface area contributed by atoms with E-state index in [1.165, 1.54) is 416 Å². The highest BCUT2D eigenvalue weighted by Crippen LogP contribution is 2.56. The van der Waals surface area contributed by atoms with Gasteiger partial charge < -0.3 is 19.6 Å². The predicted octanol–water partition coefficient (Wildman–Crippen LogP) is 45.0. The fourth-order valence-corrected chi connectivity index (χ4v) is 33.1. The molecule has 0 aliphatic carbocycles. The quantitative estimate of drug-likeness (QED) is 0.0356. The van der Waals surface area contributed by atoms with Crippen molar-refractivity contribution in [1.29, 1.82) is 0 Å². The molecule has 830 valence electrons. The lowest BCUT2D eigenvalue weighted by molar-refractivity contribution is -0.124. The van der Waals surface area contributed by atoms with E-state index in [0.29, 0.717) is 72.1 Å². The Morgan fingerprint density at radius 2 is 0.360 bits per heavy atom. The summed E-state index contributed by atoms with van der Waals surface area (Å²) in [4.78, 5) is 95.2. The van der Waals surface area contributed by atoms with Crippen LogP contribution in [0.2, 0.25) is 0 Å². The highest BCUT2D eigenvalue weighted by molar-refractivity contribution is 7.29. The Morgan fingerprint density at radius 3 is 0.593 bits per heavy atom. The Kier molecular flexibility index (Phi) is 57.1. The molecule has 12 heterocycles. The fraction of sp³-hybridized carbons (Fsp3) is 0.672. The average Bonchev–Trinajstić information content (AvgIpc) is 1.55. The monoisotopic (exact) mass is 2190 g/mol. The van der Waals surface area contributed by atoms with Gasteiger partial charge in [0.1, 0.15) is 0 Å². The minimum absolute atomic E-state index is 0.0231. The van der Waals surface area contributed by atoms with Crippen LogP contribution in [0.25, 0.3) is 71.6 Å². The number of carbonyl (C=O) groups is 4. The molecule has 0 spiro atoms. The van der Waals surface area contributed by atoms with E-state index in [0.717, 1.165) is 145 Å². The van der Waals surface area contributed by atoms with Crippen molar-refractivity contribution < 1.29 is 19.2 Å². The smallest absolute Gasteiger partial charge is 0.261 e. The molecule has 0 saturated heterocycles. The first kappa shape index (κ1) is 123. The number of carbonyl (C=O) groups excluding carboxylic acids is 4. The second kappa shape index (κ2) is 69.6. The number of unbranched alkanes of at least 4 members (excludes halogenated alkanes) is 50. The zero-order valence-electron chi connectivity index (χ0n) is 96.4. The average molecular weight is 2190 g/mol. The van der Waals surface area contributed by atoms with Crippen LogP contribution in [0.15, 0.2) is 107 Å². The first-order valence-corrected chi connectivity index (χ1v) is 69.2. The summed E-state index contributed by atoms with van der Waals surface area (Å²) in [5.74, 6) is 1.38. The molecule has 4 unspecified atom stereocenters. The molecule has 8 aromatic rings. The van der Waals surface area contributed by atoms with E-state index in [1.807, 2.05) is 68.0 Å². The van der Waals surface area contributed by atoms with Crippen molar-refractivity contribution in [3.8, 4) is 48.8 Å². The third-order valence-corrected chi connectivity index (χ3v) is 42.8. The number of amides is 4. The van der Waals surface area contributed by atoms with Crippen molar-refractivity contribution in [3.63, 3.8) is 0 Å². The molecule has 12 rings (SSSR count). The molecular weight excluding hydrogens is 1990 g/mol.